The van der Waals surface area contributed by atoms with Crippen LogP contribution in [0.25, 0.3) is 21.3 Å². The zero-order valence-corrected chi connectivity index (χ0v) is 14.7. The lowest BCUT2D eigenvalue weighted by molar-refractivity contribution is -0.142. The van der Waals surface area contributed by atoms with Crippen LogP contribution in [0.1, 0.15) is 17.6 Å². The molecule has 0 aliphatic heterocycles. The molecule has 3 rings (SSSR count). The second-order valence-corrected chi connectivity index (χ2v) is 6.69. The topological polar surface area (TPSA) is 52.1 Å². The van der Waals surface area contributed by atoms with Crippen LogP contribution in [0, 0.1) is 12.7 Å². The smallest absolute Gasteiger partial charge is 0.313 e. The van der Waals surface area contributed by atoms with Crippen molar-refractivity contribution in [2.75, 3.05) is 6.61 Å². The summed E-state index contributed by atoms with van der Waals surface area (Å²) >= 11 is 7.82. The Hall–Kier alpha value is -2.05. The Morgan fingerprint density at radius 3 is 2.67 bits per heavy atom. The fourth-order valence-electron chi connectivity index (χ4n) is 2.50. The molecule has 124 valence electrons. The standard InChI is InChI=1S/C17H14ClFN2O2S/c1-3-23-13(22)8-12-20-16(18)15-14(9(2)24-17(15)21-12)10-4-6-11(19)7-5-10/h4-7H,3,8H2,1-2H3. The third-order valence-corrected chi connectivity index (χ3v) is 4.74. The predicted octanol–water partition coefficient (Wildman–Crippen LogP) is 4.56. The molecule has 0 radical (unpaired) electrons. The summed E-state index contributed by atoms with van der Waals surface area (Å²) in [5, 5.41) is 1.00. The molecule has 1 aromatic carbocycles. The number of esters is 1. The van der Waals surface area contributed by atoms with Crippen molar-refractivity contribution >= 4 is 39.1 Å². The van der Waals surface area contributed by atoms with Gasteiger partial charge in [0.1, 0.15) is 28.0 Å². The van der Waals surface area contributed by atoms with Crippen molar-refractivity contribution in [2.45, 2.75) is 20.3 Å². The van der Waals surface area contributed by atoms with E-state index in [0.717, 1.165) is 21.4 Å². The molecule has 3 aromatic rings. The second kappa shape index (κ2) is 6.83. The highest BCUT2D eigenvalue weighted by Crippen LogP contribution is 2.40. The highest BCUT2D eigenvalue weighted by atomic mass is 35.5. The number of fused-ring (bicyclic) bond motifs is 1. The maximum absolute atomic E-state index is 13.2. The van der Waals surface area contributed by atoms with Crippen LogP contribution < -0.4 is 0 Å². The van der Waals surface area contributed by atoms with Crippen LogP contribution in [-0.2, 0) is 16.0 Å². The molecule has 0 aliphatic rings. The van der Waals surface area contributed by atoms with Crippen molar-refractivity contribution < 1.29 is 13.9 Å². The predicted molar refractivity (Wildman–Crippen MR) is 92.9 cm³/mol. The summed E-state index contributed by atoms with van der Waals surface area (Å²) in [7, 11) is 0. The monoisotopic (exact) mass is 364 g/mol. The van der Waals surface area contributed by atoms with E-state index in [9.17, 15) is 9.18 Å². The first-order valence-corrected chi connectivity index (χ1v) is 8.56. The molecule has 2 heterocycles. The van der Waals surface area contributed by atoms with E-state index in [0.29, 0.717) is 17.3 Å². The minimum atomic E-state index is -0.389. The summed E-state index contributed by atoms with van der Waals surface area (Å²) in [6.07, 6.45) is -0.0215. The molecule has 4 nitrogen and oxygen atoms in total. The van der Waals surface area contributed by atoms with E-state index in [2.05, 4.69) is 9.97 Å². The molecule has 0 aliphatic carbocycles. The van der Waals surface area contributed by atoms with E-state index in [1.54, 1.807) is 19.1 Å². The highest BCUT2D eigenvalue weighted by molar-refractivity contribution is 7.19. The summed E-state index contributed by atoms with van der Waals surface area (Å²) in [6.45, 7) is 4.00. The molecule has 0 saturated carbocycles. The SMILES string of the molecule is CCOC(=O)Cc1nc(Cl)c2c(-c3ccc(F)cc3)c(C)sc2n1. The molecule has 2 aromatic heterocycles. The van der Waals surface area contributed by atoms with E-state index in [1.165, 1.54) is 23.5 Å². The first kappa shape index (κ1) is 16.8. The van der Waals surface area contributed by atoms with E-state index < -0.39 is 0 Å². The number of aromatic nitrogens is 2. The quantitative estimate of drug-likeness (QED) is 0.503. The van der Waals surface area contributed by atoms with Gasteiger partial charge in [-0.1, -0.05) is 23.7 Å². The van der Waals surface area contributed by atoms with E-state index in [4.69, 9.17) is 16.3 Å². The van der Waals surface area contributed by atoms with Gasteiger partial charge < -0.3 is 4.74 Å². The fourth-order valence-corrected chi connectivity index (χ4v) is 3.90. The van der Waals surface area contributed by atoms with Crippen molar-refractivity contribution in [3.63, 3.8) is 0 Å². The van der Waals surface area contributed by atoms with Crippen molar-refractivity contribution in [3.8, 4) is 11.1 Å². The number of carbonyl (C=O) groups is 1. The average Bonchev–Trinajstić information content (AvgIpc) is 2.85. The zero-order valence-electron chi connectivity index (χ0n) is 13.1. The Bertz CT molecular complexity index is 909. The molecular formula is C17H14ClFN2O2S. The Morgan fingerprint density at radius 2 is 2.00 bits per heavy atom. The molecule has 0 amide bonds. The Morgan fingerprint density at radius 1 is 1.29 bits per heavy atom. The molecule has 0 fully saturated rings. The summed E-state index contributed by atoms with van der Waals surface area (Å²) in [5.41, 5.74) is 1.74. The van der Waals surface area contributed by atoms with Crippen LogP contribution in [0.5, 0.6) is 0 Å². The van der Waals surface area contributed by atoms with Crippen LogP contribution >= 0.6 is 22.9 Å². The van der Waals surface area contributed by atoms with Crippen LogP contribution in [0.15, 0.2) is 24.3 Å². The van der Waals surface area contributed by atoms with Gasteiger partial charge in [0.2, 0.25) is 0 Å². The third-order valence-electron chi connectivity index (χ3n) is 3.47. The van der Waals surface area contributed by atoms with Gasteiger partial charge >= 0.3 is 5.97 Å². The summed E-state index contributed by atoms with van der Waals surface area (Å²) < 4.78 is 18.1. The molecule has 0 saturated heterocycles. The Labute approximate surface area is 147 Å². The van der Waals surface area contributed by atoms with Gasteiger partial charge in [-0.25, -0.2) is 14.4 Å². The molecule has 0 spiro atoms. The lowest BCUT2D eigenvalue weighted by Gasteiger charge is -2.05. The third kappa shape index (κ3) is 3.25. The maximum Gasteiger partial charge on any atom is 0.313 e. The van der Waals surface area contributed by atoms with E-state index in [1.807, 2.05) is 6.92 Å². The van der Waals surface area contributed by atoms with Crippen LogP contribution in [0.3, 0.4) is 0 Å². The molecule has 0 unspecified atom stereocenters. The lowest BCUT2D eigenvalue weighted by Crippen LogP contribution is -2.10. The summed E-state index contributed by atoms with van der Waals surface area (Å²) in [6, 6.07) is 6.21. The average molecular weight is 365 g/mol. The molecule has 0 bridgehead atoms. The van der Waals surface area contributed by atoms with Crippen molar-refractivity contribution in [1.82, 2.24) is 9.97 Å². The number of carbonyl (C=O) groups excluding carboxylic acids is 1. The highest BCUT2D eigenvalue weighted by Gasteiger charge is 2.18. The number of thiophene rings is 1. The Kier molecular flexibility index (Phi) is 4.78. The largest absolute Gasteiger partial charge is 0.466 e. The van der Waals surface area contributed by atoms with Gasteiger partial charge in [0, 0.05) is 10.4 Å². The summed E-state index contributed by atoms with van der Waals surface area (Å²) in [5.74, 6) is -0.354. The van der Waals surface area contributed by atoms with Crippen molar-refractivity contribution in [3.05, 3.63) is 45.9 Å². The van der Waals surface area contributed by atoms with E-state index in [-0.39, 0.29) is 23.4 Å². The van der Waals surface area contributed by atoms with Gasteiger partial charge in [0.25, 0.3) is 0 Å². The van der Waals surface area contributed by atoms with Gasteiger partial charge in [-0.05, 0) is 31.5 Å². The number of ether oxygens (including phenoxy) is 1. The van der Waals surface area contributed by atoms with Gasteiger partial charge in [-0.15, -0.1) is 11.3 Å². The molecule has 7 heteroatoms. The van der Waals surface area contributed by atoms with E-state index >= 15 is 0 Å². The number of hydrogen-bond acceptors (Lipinski definition) is 5. The number of hydrogen-bond donors (Lipinski definition) is 0. The zero-order chi connectivity index (χ0) is 17.3. The van der Waals surface area contributed by atoms with Gasteiger partial charge in [-0.2, -0.15) is 0 Å². The molecule has 0 N–H and O–H groups in total. The molecule has 24 heavy (non-hydrogen) atoms. The minimum Gasteiger partial charge on any atom is -0.466 e. The number of benzene rings is 1. The minimum absolute atomic E-state index is 0.0215. The van der Waals surface area contributed by atoms with Gasteiger partial charge in [-0.3, -0.25) is 4.79 Å². The normalized spacial score (nSPS) is 11.0. The number of halogens is 2. The molecule has 0 atom stereocenters. The van der Waals surface area contributed by atoms with Crippen LogP contribution in [0.4, 0.5) is 4.39 Å². The lowest BCUT2D eigenvalue weighted by atomic mass is 10.0. The summed E-state index contributed by atoms with van der Waals surface area (Å²) in [4.78, 5) is 22.0. The van der Waals surface area contributed by atoms with Crippen LogP contribution in [-0.4, -0.2) is 22.5 Å². The first-order chi connectivity index (χ1) is 11.5. The number of nitrogens with zero attached hydrogens (tertiary/aromatic N) is 2. The van der Waals surface area contributed by atoms with Crippen molar-refractivity contribution in [2.24, 2.45) is 0 Å². The van der Waals surface area contributed by atoms with Crippen molar-refractivity contribution in [1.29, 1.82) is 0 Å². The second-order valence-electron chi connectivity index (χ2n) is 5.13. The Balaban J connectivity index is 2.08. The first-order valence-electron chi connectivity index (χ1n) is 7.36. The van der Waals surface area contributed by atoms with Crippen LogP contribution in [0.2, 0.25) is 5.15 Å². The number of rotatable bonds is 4. The number of aryl methyl sites for hydroxylation is 1. The van der Waals surface area contributed by atoms with Gasteiger partial charge in [0.05, 0.1) is 12.0 Å². The van der Waals surface area contributed by atoms with Gasteiger partial charge in [0.15, 0.2) is 0 Å². The maximum atomic E-state index is 13.2. The molecular weight excluding hydrogens is 351 g/mol. The fraction of sp³-hybridized carbons (Fsp3) is 0.235.